The molecular weight excluding hydrogens is 242 g/mol. The minimum Gasteiger partial charge on any atom is -0.493 e. The van der Waals surface area contributed by atoms with Crippen molar-refractivity contribution in [1.82, 2.24) is 4.90 Å². The van der Waals surface area contributed by atoms with E-state index in [1.54, 1.807) is 38.1 Å². The fourth-order valence-corrected chi connectivity index (χ4v) is 1.66. The molecule has 1 aromatic carbocycles. The number of Topliss-reactive ketones (excluding diaryl/α,β-unsaturated/α-hetero) is 1. The second-order valence-corrected chi connectivity index (χ2v) is 4.78. The van der Waals surface area contributed by atoms with Gasteiger partial charge in [0.05, 0.1) is 6.61 Å². The van der Waals surface area contributed by atoms with Gasteiger partial charge in [-0.3, -0.25) is 9.59 Å². The number of carbonyl (C=O) groups excluding carboxylic acids is 2. The Morgan fingerprint density at radius 2 is 1.95 bits per heavy atom. The SMILES string of the molecule is CC(=O)c1ccc(OCCCC(=O)N(C)C)c(C)c1. The molecule has 104 valence electrons. The van der Waals surface area contributed by atoms with Gasteiger partial charge < -0.3 is 9.64 Å². The van der Waals surface area contributed by atoms with Gasteiger partial charge in [0.15, 0.2) is 5.78 Å². The van der Waals surface area contributed by atoms with Crippen molar-refractivity contribution in [2.24, 2.45) is 0 Å². The molecule has 0 aliphatic heterocycles. The summed E-state index contributed by atoms with van der Waals surface area (Å²) in [6.45, 7) is 3.95. The third kappa shape index (κ3) is 4.73. The lowest BCUT2D eigenvalue weighted by molar-refractivity contribution is -0.128. The first-order valence-electron chi connectivity index (χ1n) is 6.36. The van der Waals surface area contributed by atoms with Gasteiger partial charge in [-0.05, 0) is 44.0 Å². The molecule has 0 saturated heterocycles. The van der Waals surface area contributed by atoms with Crippen molar-refractivity contribution in [2.45, 2.75) is 26.7 Å². The lowest BCUT2D eigenvalue weighted by Crippen LogP contribution is -2.21. The molecule has 0 fully saturated rings. The van der Waals surface area contributed by atoms with Crippen molar-refractivity contribution in [3.05, 3.63) is 29.3 Å². The number of nitrogens with zero attached hydrogens (tertiary/aromatic N) is 1. The standard InChI is InChI=1S/C15H21NO3/c1-11-10-13(12(2)17)7-8-14(11)19-9-5-6-15(18)16(3)4/h7-8,10H,5-6,9H2,1-4H3. The Hall–Kier alpha value is -1.84. The Balaban J connectivity index is 2.46. The summed E-state index contributed by atoms with van der Waals surface area (Å²) in [6, 6.07) is 5.39. The predicted molar refractivity (Wildman–Crippen MR) is 74.6 cm³/mol. The molecule has 1 amide bonds. The van der Waals surface area contributed by atoms with Crippen LogP contribution in [0.1, 0.15) is 35.7 Å². The van der Waals surface area contributed by atoms with Crippen molar-refractivity contribution in [2.75, 3.05) is 20.7 Å². The highest BCUT2D eigenvalue weighted by Crippen LogP contribution is 2.19. The molecule has 0 spiro atoms. The van der Waals surface area contributed by atoms with Crippen LogP contribution < -0.4 is 4.74 Å². The largest absolute Gasteiger partial charge is 0.493 e. The van der Waals surface area contributed by atoms with E-state index in [1.807, 2.05) is 13.0 Å². The van der Waals surface area contributed by atoms with Gasteiger partial charge in [-0.15, -0.1) is 0 Å². The molecule has 0 unspecified atom stereocenters. The topological polar surface area (TPSA) is 46.6 Å². The normalized spacial score (nSPS) is 10.1. The van der Waals surface area contributed by atoms with Crippen LogP contribution >= 0.6 is 0 Å². The first kappa shape index (κ1) is 15.2. The predicted octanol–water partition coefficient (Wildman–Crippen LogP) is 2.44. The third-order valence-electron chi connectivity index (χ3n) is 2.87. The lowest BCUT2D eigenvalue weighted by Gasteiger charge is -2.12. The Labute approximate surface area is 114 Å². The van der Waals surface area contributed by atoms with Crippen LogP contribution in [-0.2, 0) is 4.79 Å². The molecule has 0 heterocycles. The van der Waals surface area contributed by atoms with E-state index >= 15 is 0 Å². The second kappa shape index (κ2) is 6.92. The zero-order chi connectivity index (χ0) is 14.4. The Morgan fingerprint density at radius 3 is 2.47 bits per heavy atom. The Kier molecular flexibility index (Phi) is 5.55. The Bertz CT molecular complexity index is 466. The van der Waals surface area contributed by atoms with Crippen LogP contribution in [0.2, 0.25) is 0 Å². The highest BCUT2D eigenvalue weighted by Gasteiger charge is 2.06. The number of rotatable bonds is 6. The van der Waals surface area contributed by atoms with Gasteiger partial charge in [-0.2, -0.15) is 0 Å². The molecule has 0 saturated carbocycles. The van der Waals surface area contributed by atoms with E-state index in [0.717, 1.165) is 11.3 Å². The quantitative estimate of drug-likeness (QED) is 0.585. The monoisotopic (exact) mass is 263 g/mol. The van der Waals surface area contributed by atoms with Gasteiger partial charge >= 0.3 is 0 Å². The van der Waals surface area contributed by atoms with Gasteiger partial charge in [-0.25, -0.2) is 0 Å². The van der Waals surface area contributed by atoms with E-state index in [0.29, 0.717) is 25.0 Å². The second-order valence-electron chi connectivity index (χ2n) is 4.78. The van der Waals surface area contributed by atoms with Crippen molar-refractivity contribution >= 4 is 11.7 Å². The molecule has 4 heteroatoms. The van der Waals surface area contributed by atoms with Crippen molar-refractivity contribution in [1.29, 1.82) is 0 Å². The zero-order valence-corrected chi connectivity index (χ0v) is 12.0. The Morgan fingerprint density at radius 1 is 1.26 bits per heavy atom. The van der Waals surface area contributed by atoms with E-state index in [9.17, 15) is 9.59 Å². The number of ether oxygens (including phenoxy) is 1. The van der Waals surface area contributed by atoms with E-state index in [-0.39, 0.29) is 11.7 Å². The third-order valence-corrected chi connectivity index (χ3v) is 2.87. The van der Waals surface area contributed by atoms with Crippen LogP contribution in [0.5, 0.6) is 5.75 Å². The van der Waals surface area contributed by atoms with E-state index in [1.165, 1.54) is 0 Å². The molecule has 19 heavy (non-hydrogen) atoms. The number of hydrogen-bond acceptors (Lipinski definition) is 3. The molecule has 0 atom stereocenters. The lowest BCUT2D eigenvalue weighted by atomic mass is 10.1. The van der Waals surface area contributed by atoms with Crippen molar-refractivity contribution in [3.8, 4) is 5.75 Å². The summed E-state index contributed by atoms with van der Waals surface area (Å²) in [4.78, 5) is 24.2. The first-order valence-corrected chi connectivity index (χ1v) is 6.36. The minimum atomic E-state index is 0.0474. The molecule has 0 radical (unpaired) electrons. The summed E-state index contributed by atoms with van der Waals surface area (Å²) >= 11 is 0. The summed E-state index contributed by atoms with van der Waals surface area (Å²) in [5.41, 5.74) is 1.62. The van der Waals surface area contributed by atoms with Gasteiger partial charge in [0, 0.05) is 26.1 Å². The van der Waals surface area contributed by atoms with Crippen molar-refractivity contribution in [3.63, 3.8) is 0 Å². The summed E-state index contributed by atoms with van der Waals surface area (Å²) in [5, 5.41) is 0. The zero-order valence-electron chi connectivity index (χ0n) is 12.0. The summed E-state index contributed by atoms with van der Waals surface area (Å²) in [5.74, 6) is 0.917. The molecule has 0 aromatic heterocycles. The fraction of sp³-hybridized carbons (Fsp3) is 0.467. The van der Waals surface area contributed by atoms with E-state index < -0.39 is 0 Å². The first-order chi connectivity index (χ1) is 8.91. The number of carbonyl (C=O) groups is 2. The molecule has 1 aromatic rings. The number of amides is 1. The molecular formula is C15H21NO3. The number of hydrogen-bond donors (Lipinski definition) is 0. The van der Waals surface area contributed by atoms with Crippen LogP contribution in [-0.4, -0.2) is 37.3 Å². The smallest absolute Gasteiger partial charge is 0.222 e. The van der Waals surface area contributed by atoms with Gasteiger partial charge in [-0.1, -0.05) is 0 Å². The summed E-state index contributed by atoms with van der Waals surface area (Å²) in [6.07, 6.45) is 1.17. The van der Waals surface area contributed by atoms with Crippen LogP contribution in [0.25, 0.3) is 0 Å². The van der Waals surface area contributed by atoms with Crippen LogP contribution in [0.3, 0.4) is 0 Å². The van der Waals surface area contributed by atoms with Crippen LogP contribution in [0, 0.1) is 6.92 Å². The molecule has 0 aliphatic carbocycles. The van der Waals surface area contributed by atoms with E-state index in [4.69, 9.17) is 4.74 Å². The maximum Gasteiger partial charge on any atom is 0.222 e. The fourth-order valence-electron chi connectivity index (χ4n) is 1.66. The van der Waals surface area contributed by atoms with Gasteiger partial charge in [0.25, 0.3) is 0 Å². The number of benzene rings is 1. The molecule has 4 nitrogen and oxygen atoms in total. The van der Waals surface area contributed by atoms with Crippen LogP contribution in [0.4, 0.5) is 0 Å². The maximum absolute atomic E-state index is 11.4. The maximum atomic E-state index is 11.4. The summed E-state index contributed by atoms with van der Waals surface area (Å²) in [7, 11) is 3.49. The molecule has 0 bridgehead atoms. The van der Waals surface area contributed by atoms with Gasteiger partial charge in [0.1, 0.15) is 5.75 Å². The number of ketones is 1. The molecule has 0 N–H and O–H groups in total. The number of aryl methyl sites for hydroxylation is 1. The van der Waals surface area contributed by atoms with E-state index in [2.05, 4.69) is 0 Å². The highest BCUT2D eigenvalue weighted by molar-refractivity contribution is 5.94. The van der Waals surface area contributed by atoms with Crippen molar-refractivity contribution < 1.29 is 14.3 Å². The molecule has 0 aliphatic rings. The molecule has 1 rings (SSSR count). The summed E-state index contributed by atoms with van der Waals surface area (Å²) < 4.78 is 5.62. The van der Waals surface area contributed by atoms with Gasteiger partial charge in [0.2, 0.25) is 5.91 Å². The highest BCUT2D eigenvalue weighted by atomic mass is 16.5. The van der Waals surface area contributed by atoms with Crippen LogP contribution in [0.15, 0.2) is 18.2 Å². The minimum absolute atomic E-state index is 0.0474. The average molecular weight is 263 g/mol. The average Bonchev–Trinajstić information content (AvgIpc) is 2.35.